The fourth-order valence-electron chi connectivity index (χ4n) is 2.61. The van der Waals surface area contributed by atoms with Crippen molar-refractivity contribution in [3.05, 3.63) is 59.8 Å². The minimum atomic E-state index is -0.239. The zero-order valence-electron chi connectivity index (χ0n) is 15.4. The summed E-state index contributed by atoms with van der Waals surface area (Å²) in [6, 6.07) is 14.6. The van der Waals surface area contributed by atoms with Crippen molar-refractivity contribution in [1.82, 2.24) is 15.5 Å². The third kappa shape index (κ3) is 4.20. The van der Waals surface area contributed by atoms with E-state index >= 15 is 0 Å². The topological polar surface area (TPSA) is 85.5 Å². The summed E-state index contributed by atoms with van der Waals surface area (Å²) in [5.74, 6) is 1.84. The molecule has 1 amide bonds. The Kier molecular flexibility index (Phi) is 5.61. The first-order valence-corrected chi connectivity index (χ1v) is 8.33. The Morgan fingerprint density at radius 3 is 2.33 bits per heavy atom. The Morgan fingerprint density at radius 2 is 1.67 bits per heavy atom. The van der Waals surface area contributed by atoms with Crippen molar-refractivity contribution in [2.75, 3.05) is 21.3 Å². The molecule has 3 rings (SSSR count). The molecule has 1 heterocycles. The number of carbonyl (C=O) groups excluding carboxylic acids is 1. The number of rotatable bonds is 7. The Bertz CT molecular complexity index is 919. The van der Waals surface area contributed by atoms with Crippen LogP contribution in [0.1, 0.15) is 16.1 Å². The molecular weight excluding hydrogens is 346 g/mol. The van der Waals surface area contributed by atoms with Crippen molar-refractivity contribution in [2.45, 2.75) is 6.54 Å². The van der Waals surface area contributed by atoms with Crippen LogP contribution in [-0.2, 0) is 6.54 Å². The number of nitrogens with one attached hydrogen (secondary N) is 2. The van der Waals surface area contributed by atoms with Crippen LogP contribution in [0.3, 0.4) is 0 Å². The van der Waals surface area contributed by atoms with Gasteiger partial charge in [-0.2, -0.15) is 5.10 Å². The quantitative estimate of drug-likeness (QED) is 0.670. The molecule has 0 aliphatic heterocycles. The highest BCUT2D eigenvalue weighted by Gasteiger charge is 2.14. The molecule has 0 saturated carbocycles. The van der Waals surface area contributed by atoms with Gasteiger partial charge in [0.05, 0.1) is 27.0 Å². The van der Waals surface area contributed by atoms with E-state index in [-0.39, 0.29) is 5.91 Å². The molecule has 3 aromatic rings. The molecule has 7 nitrogen and oxygen atoms in total. The molecule has 7 heteroatoms. The van der Waals surface area contributed by atoms with Crippen LogP contribution in [0.5, 0.6) is 17.2 Å². The molecule has 0 fully saturated rings. The summed E-state index contributed by atoms with van der Waals surface area (Å²) in [5.41, 5.74) is 2.73. The van der Waals surface area contributed by atoms with Crippen LogP contribution in [0.15, 0.2) is 48.5 Å². The summed E-state index contributed by atoms with van der Waals surface area (Å²) >= 11 is 0. The lowest BCUT2D eigenvalue weighted by Crippen LogP contribution is -2.23. The molecule has 0 unspecified atom stereocenters. The summed E-state index contributed by atoms with van der Waals surface area (Å²) in [4.78, 5) is 12.4. The summed E-state index contributed by atoms with van der Waals surface area (Å²) in [7, 11) is 4.78. The molecule has 0 bridgehead atoms. The van der Waals surface area contributed by atoms with Gasteiger partial charge in [-0.05, 0) is 35.9 Å². The van der Waals surface area contributed by atoms with Crippen LogP contribution in [0.2, 0.25) is 0 Å². The van der Waals surface area contributed by atoms with E-state index in [1.54, 1.807) is 33.5 Å². The maximum absolute atomic E-state index is 12.4. The van der Waals surface area contributed by atoms with Gasteiger partial charge < -0.3 is 19.5 Å². The monoisotopic (exact) mass is 367 g/mol. The standard InChI is InChI=1S/C20H21N3O4/c1-25-14-6-4-13(5-7-14)12-21-20(24)18-11-17(22-23-18)16-9-8-15(26-2)10-19(16)27-3/h4-11H,12H2,1-3H3,(H,21,24)(H,22,23). The fraction of sp³-hybridized carbons (Fsp3) is 0.200. The highest BCUT2D eigenvalue weighted by molar-refractivity contribution is 5.93. The van der Waals surface area contributed by atoms with Crippen LogP contribution in [0.4, 0.5) is 0 Å². The Labute approximate surface area is 157 Å². The summed E-state index contributed by atoms with van der Waals surface area (Å²) in [5, 5.41) is 9.86. The Hall–Kier alpha value is -3.48. The first kappa shape index (κ1) is 18.3. The smallest absolute Gasteiger partial charge is 0.269 e. The van der Waals surface area contributed by atoms with Crippen molar-refractivity contribution >= 4 is 5.91 Å². The molecule has 1 aromatic heterocycles. The zero-order chi connectivity index (χ0) is 19.2. The van der Waals surface area contributed by atoms with Crippen molar-refractivity contribution < 1.29 is 19.0 Å². The second kappa shape index (κ2) is 8.27. The average Bonchev–Trinajstić information content (AvgIpc) is 3.22. The van der Waals surface area contributed by atoms with Gasteiger partial charge in [0, 0.05) is 18.2 Å². The van der Waals surface area contributed by atoms with E-state index in [1.807, 2.05) is 36.4 Å². The van der Waals surface area contributed by atoms with Gasteiger partial charge in [0.2, 0.25) is 0 Å². The van der Waals surface area contributed by atoms with E-state index in [0.717, 1.165) is 16.9 Å². The second-order valence-corrected chi connectivity index (χ2v) is 5.76. The van der Waals surface area contributed by atoms with Gasteiger partial charge in [-0.3, -0.25) is 9.89 Å². The summed E-state index contributed by atoms with van der Waals surface area (Å²) in [6.45, 7) is 0.406. The molecule has 0 atom stereocenters. The highest BCUT2D eigenvalue weighted by atomic mass is 16.5. The number of benzene rings is 2. The lowest BCUT2D eigenvalue weighted by atomic mass is 10.1. The van der Waals surface area contributed by atoms with Gasteiger partial charge in [-0.25, -0.2) is 0 Å². The zero-order valence-corrected chi connectivity index (χ0v) is 15.4. The largest absolute Gasteiger partial charge is 0.497 e. The Morgan fingerprint density at radius 1 is 0.963 bits per heavy atom. The van der Waals surface area contributed by atoms with E-state index in [1.165, 1.54) is 0 Å². The second-order valence-electron chi connectivity index (χ2n) is 5.76. The van der Waals surface area contributed by atoms with Crippen molar-refractivity contribution in [3.8, 4) is 28.5 Å². The normalized spacial score (nSPS) is 10.3. The number of hydrogen-bond donors (Lipinski definition) is 2. The van der Waals surface area contributed by atoms with Crippen LogP contribution in [-0.4, -0.2) is 37.4 Å². The van der Waals surface area contributed by atoms with Crippen LogP contribution < -0.4 is 19.5 Å². The van der Waals surface area contributed by atoms with Gasteiger partial charge >= 0.3 is 0 Å². The molecule has 2 aromatic carbocycles. The molecule has 27 heavy (non-hydrogen) atoms. The number of amides is 1. The van der Waals surface area contributed by atoms with Gasteiger partial charge in [0.15, 0.2) is 0 Å². The van der Waals surface area contributed by atoms with Gasteiger partial charge in [0.1, 0.15) is 22.9 Å². The number of hydrogen-bond acceptors (Lipinski definition) is 5. The molecule has 0 spiro atoms. The number of nitrogens with zero attached hydrogens (tertiary/aromatic N) is 1. The number of ether oxygens (including phenoxy) is 3. The summed E-state index contributed by atoms with van der Waals surface area (Å²) < 4.78 is 15.7. The maximum Gasteiger partial charge on any atom is 0.269 e. The van der Waals surface area contributed by atoms with E-state index in [2.05, 4.69) is 15.5 Å². The number of aromatic nitrogens is 2. The van der Waals surface area contributed by atoms with Crippen LogP contribution >= 0.6 is 0 Å². The molecule has 0 aliphatic rings. The molecule has 2 N–H and O–H groups in total. The minimum absolute atomic E-state index is 0.239. The first-order valence-electron chi connectivity index (χ1n) is 8.33. The van der Waals surface area contributed by atoms with E-state index in [4.69, 9.17) is 14.2 Å². The first-order chi connectivity index (χ1) is 13.1. The van der Waals surface area contributed by atoms with Gasteiger partial charge in [-0.1, -0.05) is 12.1 Å². The lowest BCUT2D eigenvalue weighted by molar-refractivity contribution is 0.0946. The minimum Gasteiger partial charge on any atom is -0.497 e. The molecule has 0 aliphatic carbocycles. The lowest BCUT2D eigenvalue weighted by Gasteiger charge is -2.08. The van der Waals surface area contributed by atoms with Crippen LogP contribution in [0, 0.1) is 0 Å². The van der Waals surface area contributed by atoms with E-state index in [0.29, 0.717) is 29.4 Å². The number of carbonyl (C=O) groups is 1. The third-order valence-electron chi connectivity index (χ3n) is 4.12. The molecule has 0 radical (unpaired) electrons. The van der Waals surface area contributed by atoms with Gasteiger partial charge in [-0.15, -0.1) is 0 Å². The number of aromatic amines is 1. The number of methoxy groups -OCH3 is 3. The van der Waals surface area contributed by atoms with Crippen molar-refractivity contribution in [3.63, 3.8) is 0 Å². The summed E-state index contributed by atoms with van der Waals surface area (Å²) in [6.07, 6.45) is 0. The van der Waals surface area contributed by atoms with Crippen molar-refractivity contribution in [1.29, 1.82) is 0 Å². The maximum atomic E-state index is 12.4. The molecule has 0 saturated heterocycles. The average molecular weight is 367 g/mol. The highest BCUT2D eigenvalue weighted by Crippen LogP contribution is 2.32. The number of H-pyrrole nitrogens is 1. The molecular formula is C20H21N3O4. The third-order valence-corrected chi connectivity index (χ3v) is 4.12. The predicted octanol–water partition coefficient (Wildman–Crippen LogP) is 3.03. The Balaban J connectivity index is 1.70. The van der Waals surface area contributed by atoms with Gasteiger partial charge in [0.25, 0.3) is 5.91 Å². The van der Waals surface area contributed by atoms with Crippen LogP contribution in [0.25, 0.3) is 11.3 Å². The van der Waals surface area contributed by atoms with E-state index < -0.39 is 0 Å². The van der Waals surface area contributed by atoms with E-state index in [9.17, 15) is 4.79 Å². The van der Waals surface area contributed by atoms with Crippen molar-refractivity contribution in [2.24, 2.45) is 0 Å². The molecule has 140 valence electrons. The fourth-order valence-corrected chi connectivity index (χ4v) is 2.61. The predicted molar refractivity (Wildman–Crippen MR) is 101 cm³/mol. The SMILES string of the molecule is COc1ccc(CNC(=O)c2cc(-c3ccc(OC)cc3OC)n[nH]2)cc1.